The monoisotopic (exact) mass is 476 g/mol. The summed E-state index contributed by atoms with van der Waals surface area (Å²) >= 11 is 0. The van der Waals surface area contributed by atoms with E-state index in [1.807, 2.05) is 6.92 Å². The summed E-state index contributed by atoms with van der Waals surface area (Å²) in [5.41, 5.74) is 1.91. The second kappa shape index (κ2) is 11.1. The highest BCUT2D eigenvalue weighted by atomic mass is 32.2. The molecule has 3 rings (SSSR count). The van der Waals surface area contributed by atoms with Gasteiger partial charge in [0.2, 0.25) is 0 Å². The zero-order chi connectivity index (χ0) is 24.6. The minimum Gasteiger partial charge on any atom is -0.379 e. The highest BCUT2D eigenvalue weighted by Gasteiger charge is 2.17. The molecule has 0 aliphatic rings. The maximum absolute atomic E-state index is 12.6. The summed E-state index contributed by atoms with van der Waals surface area (Å²) < 4.78 is 30.2. The topological polar surface area (TPSA) is 102 Å². The molecule has 0 bridgehead atoms. The number of carbonyl (C=O) groups excluding carboxylic acids is 2. The molecule has 0 saturated carbocycles. The van der Waals surface area contributed by atoms with Gasteiger partial charge in [-0.3, -0.25) is 9.59 Å². The van der Waals surface area contributed by atoms with Crippen molar-refractivity contribution in [3.63, 3.8) is 0 Å². The fourth-order valence-corrected chi connectivity index (χ4v) is 3.80. The molecular formula is C26H24N2O5S. The number of hydrogen-bond acceptors (Lipinski definition) is 5. The largest absolute Gasteiger partial charge is 0.379 e. The summed E-state index contributed by atoms with van der Waals surface area (Å²) in [6, 6.07) is 20.9. The van der Waals surface area contributed by atoms with Crippen LogP contribution in [0.15, 0.2) is 102 Å². The second-order valence-corrected chi connectivity index (χ2v) is 8.84. The Morgan fingerprint density at radius 2 is 1.59 bits per heavy atom. The molecule has 0 spiro atoms. The van der Waals surface area contributed by atoms with Crippen LogP contribution in [0.5, 0.6) is 5.75 Å². The van der Waals surface area contributed by atoms with Crippen LogP contribution in [0.4, 0.5) is 0 Å². The third-order valence-electron chi connectivity index (χ3n) is 4.64. The van der Waals surface area contributed by atoms with E-state index in [1.54, 1.807) is 54.6 Å². The lowest BCUT2D eigenvalue weighted by Crippen LogP contribution is -2.34. The number of benzene rings is 3. The molecule has 0 unspecified atom stereocenters. The van der Waals surface area contributed by atoms with Crippen LogP contribution in [0.1, 0.15) is 21.5 Å². The van der Waals surface area contributed by atoms with E-state index in [1.165, 1.54) is 36.4 Å². The van der Waals surface area contributed by atoms with Crippen LogP contribution in [0.25, 0.3) is 6.08 Å². The Balaban J connectivity index is 1.80. The van der Waals surface area contributed by atoms with Crippen molar-refractivity contribution in [1.29, 1.82) is 0 Å². The summed E-state index contributed by atoms with van der Waals surface area (Å²) in [6.07, 6.45) is 3.01. The molecule has 3 aromatic rings. The number of nitrogens with one attached hydrogen (secondary N) is 2. The Kier molecular flexibility index (Phi) is 8.00. The van der Waals surface area contributed by atoms with Crippen LogP contribution >= 0.6 is 0 Å². The van der Waals surface area contributed by atoms with Crippen LogP contribution in [-0.4, -0.2) is 26.8 Å². The molecule has 2 N–H and O–H groups in total. The lowest BCUT2D eigenvalue weighted by atomic mass is 10.1. The van der Waals surface area contributed by atoms with Gasteiger partial charge in [0.25, 0.3) is 11.8 Å². The predicted molar refractivity (Wildman–Crippen MR) is 131 cm³/mol. The first-order valence-corrected chi connectivity index (χ1v) is 11.8. The fraction of sp³-hybridized carbons (Fsp3) is 0.0769. The summed E-state index contributed by atoms with van der Waals surface area (Å²) in [7, 11) is -3.98. The van der Waals surface area contributed by atoms with Crippen LogP contribution in [0.3, 0.4) is 0 Å². The molecule has 0 radical (unpaired) electrons. The van der Waals surface area contributed by atoms with Crippen molar-refractivity contribution in [2.24, 2.45) is 0 Å². The SMILES string of the molecule is C=CCNC(=O)/C(=C\c1ccc(OS(=O)(=O)c2ccc(C)cc2)cc1)NC(=O)c1ccccc1. The Bertz CT molecular complexity index is 1300. The molecule has 8 heteroatoms. The first kappa shape index (κ1) is 24.5. The highest BCUT2D eigenvalue weighted by Crippen LogP contribution is 2.20. The van der Waals surface area contributed by atoms with Crippen molar-refractivity contribution in [2.45, 2.75) is 11.8 Å². The molecule has 0 fully saturated rings. The van der Waals surface area contributed by atoms with E-state index < -0.39 is 21.9 Å². The summed E-state index contributed by atoms with van der Waals surface area (Å²) in [5.74, 6) is -0.820. The maximum Gasteiger partial charge on any atom is 0.339 e. The third kappa shape index (κ3) is 6.66. The lowest BCUT2D eigenvalue weighted by Gasteiger charge is -2.11. The van der Waals surface area contributed by atoms with Gasteiger partial charge in [0.1, 0.15) is 16.3 Å². The molecule has 174 valence electrons. The van der Waals surface area contributed by atoms with Gasteiger partial charge in [0, 0.05) is 12.1 Å². The summed E-state index contributed by atoms with van der Waals surface area (Å²) in [5, 5.41) is 5.25. The smallest absolute Gasteiger partial charge is 0.339 e. The van der Waals surface area contributed by atoms with Gasteiger partial charge in [-0.15, -0.1) is 6.58 Å². The van der Waals surface area contributed by atoms with E-state index in [-0.39, 0.29) is 22.9 Å². The van der Waals surface area contributed by atoms with Gasteiger partial charge in [-0.2, -0.15) is 8.42 Å². The van der Waals surface area contributed by atoms with Crippen molar-refractivity contribution >= 4 is 28.0 Å². The first-order valence-electron chi connectivity index (χ1n) is 10.4. The van der Waals surface area contributed by atoms with Gasteiger partial charge in [-0.1, -0.05) is 54.1 Å². The van der Waals surface area contributed by atoms with E-state index >= 15 is 0 Å². The molecule has 34 heavy (non-hydrogen) atoms. The maximum atomic E-state index is 12.6. The van der Waals surface area contributed by atoms with Crippen molar-refractivity contribution < 1.29 is 22.2 Å². The predicted octanol–water partition coefficient (Wildman–Crippen LogP) is 3.84. The average Bonchev–Trinajstić information content (AvgIpc) is 2.84. The quantitative estimate of drug-likeness (QED) is 0.278. The molecule has 7 nitrogen and oxygen atoms in total. The Labute approximate surface area is 198 Å². The molecule has 0 heterocycles. The van der Waals surface area contributed by atoms with Gasteiger partial charge in [0.05, 0.1) is 0 Å². The normalized spacial score (nSPS) is 11.4. The molecule has 2 amide bonds. The van der Waals surface area contributed by atoms with Crippen LogP contribution in [0.2, 0.25) is 0 Å². The molecule has 0 aliphatic heterocycles. The van der Waals surface area contributed by atoms with Crippen molar-refractivity contribution in [2.75, 3.05) is 6.54 Å². The highest BCUT2D eigenvalue weighted by molar-refractivity contribution is 7.87. The van der Waals surface area contributed by atoms with Crippen LogP contribution in [0, 0.1) is 6.92 Å². The molecular weight excluding hydrogens is 452 g/mol. The van der Waals surface area contributed by atoms with E-state index in [4.69, 9.17) is 4.18 Å². The Morgan fingerprint density at radius 1 is 0.941 bits per heavy atom. The standard InChI is InChI=1S/C26H24N2O5S/c1-3-17-27-26(30)24(28-25(29)21-7-5-4-6-8-21)18-20-11-13-22(14-12-20)33-34(31,32)23-15-9-19(2)10-16-23/h3-16,18H,1,17H2,2H3,(H,27,30)(H,28,29)/b24-18+. The van der Waals surface area contributed by atoms with Crippen LogP contribution in [-0.2, 0) is 14.9 Å². The zero-order valence-electron chi connectivity index (χ0n) is 18.5. The zero-order valence-corrected chi connectivity index (χ0v) is 19.3. The molecule has 0 aromatic heterocycles. The average molecular weight is 477 g/mol. The van der Waals surface area contributed by atoms with Gasteiger partial charge in [-0.05, 0) is 55.0 Å². The fourth-order valence-electron chi connectivity index (χ4n) is 2.87. The van der Waals surface area contributed by atoms with Gasteiger partial charge in [-0.25, -0.2) is 0 Å². The number of rotatable bonds is 9. The number of aryl methyl sites for hydroxylation is 1. The van der Waals surface area contributed by atoms with E-state index in [0.29, 0.717) is 11.1 Å². The minimum absolute atomic E-state index is 0.0247. The number of carbonyl (C=O) groups is 2. The molecule has 0 saturated heterocycles. The Morgan fingerprint density at radius 3 is 2.21 bits per heavy atom. The molecule has 0 atom stereocenters. The van der Waals surface area contributed by atoms with Crippen molar-refractivity contribution in [3.05, 3.63) is 114 Å². The van der Waals surface area contributed by atoms with E-state index in [2.05, 4.69) is 17.2 Å². The van der Waals surface area contributed by atoms with Gasteiger partial charge < -0.3 is 14.8 Å². The minimum atomic E-state index is -3.98. The first-order chi connectivity index (χ1) is 16.3. The van der Waals surface area contributed by atoms with Gasteiger partial charge in [0.15, 0.2) is 0 Å². The van der Waals surface area contributed by atoms with E-state index in [0.717, 1.165) is 5.56 Å². The van der Waals surface area contributed by atoms with Crippen molar-refractivity contribution in [1.82, 2.24) is 10.6 Å². The molecule has 3 aromatic carbocycles. The van der Waals surface area contributed by atoms with Crippen molar-refractivity contribution in [3.8, 4) is 5.75 Å². The third-order valence-corrected chi connectivity index (χ3v) is 5.90. The molecule has 0 aliphatic carbocycles. The van der Waals surface area contributed by atoms with E-state index in [9.17, 15) is 18.0 Å². The van der Waals surface area contributed by atoms with Crippen LogP contribution < -0.4 is 14.8 Å². The van der Waals surface area contributed by atoms with Gasteiger partial charge >= 0.3 is 10.1 Å². The number of amides is 2. The summed E-state index contributed by atoms with van der Waals surface area (Å²) in [4.78, 5) is 25.2. The Hall–Kier alpha value is -4.17. The number of hydrogen-bond donors (Lipinski definition) is 2. The lowest BCUT2D eigenvalue weighted by molar-refractivity contribution is -0.117. The second-order valence-electron chi connectivity index (χ2n) is 7.30. The summed E-state index contributed by atoms with van der Waals surface area (Å²) in [6.45, 7) is 5.65.